The van der Waals surface area contributed by atoms with Crippen LogP contribution in [0.3, 0.4) is 0 Å². The van der Waals surface area contributed by atoms with Crippen LogP contribution in [0.4, 0.5) is 4.79 Å². The van der Waals surface area contributed by atoms with Gasteiger partial charge in [0, 0.05) is 11.1 Å². The van der Waals surface area contributed by atoms with Crippen LogP contribution in [0.5, 0.6) is 5.88 Å². The standard InChI is InChI=1S/C24H26N4O4S/c1-7-30-21-20(19-14(2)27-32-15(19)3)18(12-13-25-21)33-22-26-16-10-8-9-11-17(16)28(22)23(29)31-24(4,5)6/h8-13H,7H2,1-6H3. The third-order valence-electron chi connectivity index (χ3n) is 4.75. The Morgan fingerprint density at radius 1 is 1.15 bits per heavy atom. The Kier molecular flexibility index (Phi) is 6.16. The normalized spacial score (nSPS) is 11.7. The van der Waals surface area contributed by atoms with Gasteiger partial charge in [-0.2, -0.15) is 0 Å². The average Bonchev–Trinajstić information content (AvgIpc) is 3.27. The lowest BCUT2D eigenvalue weighted by Gasteiger charge is -2.20. The van der Waals surface area contributed by atoms with E-state index in [2.05, 4.69) is 10.1 Å². The third kappa shape index (κ3) is 4.59. The van der Waals surface area contributed by atoms with E-state index in [1.54, 1.807) is 6.20 Å². The highest BCUT2D eigenvalue weighted by atomic mass is 32.2. The van der Waals surface area contributed by atoms with E-state index in [0.29, 0.717) is 34.4 Å². The maximum absolute atomic E-state index is 13.2. The van der Waals surface area contributed by atoms with Gasteiger partial charge in [-0.3, -0.25) is 0 Å². The molecule has 0 aliphatic rings. The molecule has 3 aromatic heterocycles. The molecule has 4 rings (SSSR count). The molecule has 8 nitrogen and oxygen atoms in total. The average molecular weight is 467 g/mol. The van der Waals surface area contributed by atoms with Gasteiger partial charge in [0.25, 0.3) is 0 Å². The van der Waals surface area contributed by atoms with Crippen LogP contribution in [-0.4, -0.2) is 38.0 Å². The van der Waals surface area contributed by atoms with Crippen LogP contribution in [0.15, 0.2) is 51.1 Å². The van der Waals surface area contributed by atoms with Crippen molar-refractivity contribution in [3.05, 3.63) is 48.0 Å². The number of hydrogen-bond acceptors (Lipinski definition) is 8. The molecule has 0 atom stereocenters. The molecule has 0 spiro atoms. The molecule has 0 bridgehead atoms. The van der Waals surface area contributed by atoms with Gasteiger partial charge in [0.15, 0.2) is 5.16 Å². The Morgan fingerprint density at radius 2 is 1.91 bits per heavy atom. The minimum atomic E-state index is -0.648. The molecule has 33 heavy (non-hydrogen) atoms. The van der Waals surface area contributed by atoms with E-state index in [9.17, 15) is 4.79 Å². The fourth-order valence-corrected chi connectivity index (χ4v) is 4.51. The summed E-state index contributed by atoms with van der Waals surface area (Å²) in [5, 5.41) is 4.58. The molecule has 4 aromatic rings. The van der Waals surface area contributed by atoms with Crippen molar-refractivity contribution in [3.8, 4) is 17.0 Å². The van der Waals surface area contributed by atoms with E-state index in [-0.39, 0.29) is 0 Å². The maximum atomic E-state index is 13.2. The zero-order valence-corrected chi connectivity index (χ0v) is 20.3. The van der Waals surface area contributed by atoms with E-state index >= 15 is 0 Å². The van der Waals surface area contributed by atoms with Crippen LogP contribution in [0, 0.1) is 13.8 Å². The van der Waals surface area contributed by atoms with Crippen molar-refractivity contribution in [2.45, 2.75) is 57.2 Å². The molecule has 0 amide bonds. The van der Waals surface area contributed by atoms with Crippen molar-refractivity contribution in [1.82, 2.24) is 19.7 Å². The molecule has 9 heteroatoms. The summed E-state index contributed by atoms with van der Waals surface area (Å²) < 4.78 is 18.4. The van der Waals surface area contributed by atoms with Gasteiger partial charge in [-0.1, -0.05) is 29.1 Å². The maximum Gasteiger partial charge on any atom is 0.421 e. The summed E-state index contributed by atoms with van der Waals surface area (Å²) in [6.07, 6.45) is 1.19. The Bertz CT molecular complexity index is 1300. The first-order valence-electron chi connectivity index (χ1n) is 10.6. The number of carbonyl (C=O) groups excluding carboxylic acids is 1. The minimum absolute atomic E-state index is 0.452. The summed E-state index contributed by atoms with van der Waals surface area (Å²) in [7, 11) is 0. The number of benzene rings is 1. The number of aromatic nitrogens is 4. The Hall–Kier alpha value is -3.33. The molecular weight excluding hydrogens is 440 g/mol. The smallest absolute Gasteiger partial charge is 0.421 e. The van der Waals surface area contributed by atoms with Crippen LogP contribution >= 0.6 is 11.8 Å². The van der Waals surface area contributed by atoms with Crippen molar-refractivity contribution < 1.29 is 18.8 Å². The highest BCUT2D eigenvalue weighted by Crippen LogP contribution is 2.43. The second kappa shape index (κ2) is 8.90. The lowest BCUT2D eigenvalue weighted by Crippen LogP contribution is -2.27. The highest BCUT2D eigenvalue weighted by Gasteiger charge is 2.26. The molecule has 172 valence electrons. The van der Waals surface area contributed by atoms with E-state index in [1.165, 1.54) is 16.3 Å². The second-order valence-electron chi connectivity index (χ2n) is 8.42. The topological polar surface area (TPSA) is 92.3 Å². The van der Waals surface area contributed by atoms with Crippen molar-refractivity contribution in [3.63, 3.8) is 0 Å². The predicted octanol–water partition coefficient (Wildman–Crippen LogP) is 6.04. The van der Waals surface area contributed by atoms with Gasteiger partial charge in [-0.15, -0.1) is 0 Å². The number of hydrogen-bond donors (Lipinski definition) is 0. The fourth-order valence-electron chi connectivity index (χ4n) is 3.48. The zero-order chi connectivity index (χ0) is 23.8. The Labute approximate surface area is 196 Å². The van der Waals surface area contributed by atoms with Gasteiger partial charge in [0.05, 0.1) is 34.5 Å². The predicted molar refractivity (Wildman–Crippen MR) is 126 cm³/mol. The number of carbonyl (C=O) groups is 1. The number of rotatable bonds is 5. The molecule has 0 saturated carbocycles. The van der Waals surface area contributed by atoms with Crippen molar-refractivity contribution in [2.75, 3.05) is 6.61 Å². The van der Waals surface area contributed by atoms with Gasteiger partial charge >= 0.3 is 6.09 Å². The molecule has 0 unspecified atom stereocenters. The van der Waals surface area contributed by atoms with E-state index in [4.69, 9.17) is 19.0 Å². The first-order chi connectivity index (χ1) is 15.7. The number of pyridine rings is 1. The molecule has 0 radical (unpaired) electrons. The van der Waals surface area contributed by atoms with Gasteiger partial charge in [0.1, 0.15) is 11.4 Å². The zero-order valence-electron chi connectivity index (χ0n) is 19.5. The van der Waals surface area contributed by atoms with Crippen LogP contribution in [0.25, 0.3) is 22.2 Å². The van der Waals surface area contributed by atoms with E-state index in [1.807, 2.05) is 71.9 Å². The second-order valence-corrected chi connectivity index (χ2v) is 9.43. The van der Waals surface area contributed by atoms with Crippen LogP contribution in [0.2, 0.25) is 0 Å². The summed E-state index contributed by atoms with van der Waals surface area (Å²) >= 11 is 1.34. The van der Waals surface area contributed by atoms with Crippen molar-refractivity contribution >= 4 is 28.9 Å². The monoisotopic (exact) mass is 466 g/mol. The van der Waals surface area contributed by atoms with Crippen LogP contribution in [0.1, 0.15) is 39.1 Å². The number of imidazole rings is 1. The molecule has 0 aliphatic carbocycles. The Morgan fingerprint density at radius 3 is 2.58 bits per heavy atom. The largest absolute Gasteiger partial charge is 0.477 e. The molecule has 0 aliphatic heterocycles. The lowest BCUT2D eigenvalue weighted by atomic mass is 10.1. The first kappa shape index (κ1) is 22.8. The molecule has 1 aromatic carbocycles. The van der Waals surface area contributed by atoms with E-state index < -0.39 is 11.7 Å². The highest BCUT2D eigenvalue weighted by molar-refractivity contribution is 7.99. The summed E-state index contributed by atoms with van der Waals surface area (Å²) in [5.41, 5.74) is 3.02. The fraction of sp³-hybridized carbons (Fsp3) is 0.333. The van der Waals surface area contributed by atoms with Crippen LogP contribution in [-0.2, 0) is 4.74 Å². The molecule has 3 heterocycles. The minimum Gasteiger partial charge on any atom is -0.477 e. The summed E-state index contributed by atoms with van der Waals surface area (Å²) in [6, 6.07) is 9.34. The van der Waals surface area contributed by atoms with Crippen LogP contribution < -0.4 is 4.74 Å². The number of ether oxygens (including phenoxy) is 2. The lowest BCUT2D eigenvalue weighted by molar-refractivity contribution is 0.0529. The molecule has 0 N–H and O–H groups in total. The SMILES string of the molecule is CCOc1nccc(Sc2nc3ccccc3n2C(=O)OC(C)(C)C)c1-c1c(C)noc1C. The van der Waals surface area contributed by atoms with E-state index in [0.717, 1.165) is 21.7 Å². The summed E-state index contributed by atoms with van der Waals surface area (Å²) in [5.74, 6) is 1.13. The molecule has 0 saturated heterocycles. The quantitative estimate of drug-likeness (QED) is 0.352. The number of para-hydroxylation sites is 2. The van der Waals surface area contributed by atoms with Crippen molar-refractivity contribution in [1.29, 1.82) is 0 Å². The Balaban J connectivity index is 1.88. The first-order valence-corrected chi connectivity index (χ1v) is 11.4. The van der Waals surface area contributed by atoms with Gasteiger partial charge < -0.3 is 14.0 Å². The van der Waals surface area contributed by atoms with Crippen molar-refractivity contribution in [2.24, 2.45) is 0 Å². The van der Waals surface area contributed by atoms with Gasteiger partial charge in [0.2, 0.25) is 5.88 Å². The number of aryl methyl sites for hydroxylation is 2. The third-order valence-corrected chi connectivity index (χ3v) is 5.77. The number of nitrogens with zero attached hydrogens (tertiary/aromatic N) is 4. The number of fused-ring (bicyclic) bond motifs is 1. The van der Waals surface area contributed by atoms with Gasteiger partial charge in [-0.25, -0.2) is 19.3 Å². The molecule has 0 fully saturated rings. The van der Waals surface area contributed by atoms with Gasteiger partial charge in [-0.05, 0) is 59.7 Å². The summed E-state index contributed by atoms with van der Waals surface area (Å²) in [4.78, 5) is 23.1. The summed E-state index contributed by atoms with van der Waals surface area (Å²) in [6.45, 7) is 11.6. The molecular formula is C24H26N4O4S.